The molecule has 0 saturated carbocycles. The zero-order valence-electron chi connectivity index (χ0n) is 10.2. The van der Waals surface area contributed by atoms with Crippen molar-refractivity contribution in [1.29, 1.82) is 0 Å². The van der Waals surface area contributed by atoms with E-state index in [-0.39, 0.29) is 0 Å². The smallest absolute Gasteiger partial charge is 0.299 e. The maximum atomic E-state index is 12.5. The van der Waals surface area contributed by atoms with E-state index >= 15 is 0 Å². The number of nitrogens with zero attached hydrogens (tertiary/aromatic N) is 1. The molecule has 0 bridgehead atoms. The van der Waals surface area contributed by atoms with Crippen LogP contribution in [-0.2, 0) is 12.7 Å². The predicted molar refractivity (Wildman–Crippen MR) is 62.7 cm³/mol. The van der Waals surface area contributed by atoms with E-state index < -0.39 is 11.7 Å². The van der Waals surface area contributed by atoms with Crippen molar-refractivity contribution in [3.8, 4) is 0 Å². The van der Waals surface area contributed by atoms with Crippen LogP contribution < -0.4 is 0 Å². The first kappa shape index (κ1) is 14.0. The Hall–Kier alpha value is -1.03. The Kier molecular flexibility index (Phi) is 5.00. The van der Waals surface area contributed by atoms with Crippen LogP contribution in [0, 0.1) is 0 Å². The minimum Gasteiger partial charge on any atom is -0.299 e. The van der Waals surface area contributed by atoms with Gasteiger partial charge in [0.25, 0.3) is 0 Å². The molecule has 17 heavy (non-hydrogen) atoms. The molecule has 0 atom stereocenters. The van der Waals surface area contributed by atoms with Crippen LogP contribution in [-0.4, -0.2) is 18.0 Å². The molecule has 0 radical (unpaired) electrons. The lowest BCUT2D eigenvalue weighted by molar-refractivity contribution is -0.137. The Labute approximate surface area is 100 Å². The molecule has 0 N–H and O–H groups in total. The number of hydrogen-bond acceptors (Lipinski definition) is 1. The second-order valence-corrected chi connectivity index (χ2v) is 4.07. The normalized spacial score (nSPS) is 12.1. The van der Waals surface area contributed by atoms with Crippen LogP contribution in [0.5, 0.6) is 0 Å². The summed E-state index contributed by atoms with van der Waals surface area (Å²) < 4.78 is 37.6. The third-order valence-corrected chi connectivity index (χ3v) is 2.65. The Balaban J connectivity index is 2.78. The molecule has 1 aromatic rings. The van der Waals surface area contributed by atoms with Crippen LogP contribution in [0.25, 0.3) is 0 Å². The lowest BCUT2D eigenvalue weighted by Crippen LogP contribution is -2.23. The number of benzene rings is 1. The summed E-state index contributed by atoms with van der Waals surface area (Å²) in [4.78, 5) is 2.13. The van der Waals surface area contributed by atoms with Crippen molar-refractivity contribution in [3.63, 3.8) is 0 Å². The molecule has 0 aliphatic rings. The highest BCUT2D eigenvalue weighted by molar-refractivity contribution is 5.25. The number of halogens is 3. The highest BCUT2D eigenvalue weighted by atomic mass is 19.4. The van der Waals surface area contributed by atoms with Crippen LogP contribution >= 0.6 is 0 Å². The molecule has 0 unspecified atom stereocenters. The molecule has 0 heterocycles. The van der Waals surface area contributed by atoms with Gasteiger partial charge in [-0.3, -0.25) is 4.90 Å². The molecular weight excluding hydrogens is 227 g/mol. The number of rotatable bonds is 5. The minimum absolute atomic E-state index is 0.567. The lowest BCUT2D eigenvalue weighted by atomic mass is 10.1. The quantitative estimate of drug-likeness (QED) is 0.759. The summed E-state index contributed by atoms with van der Waals surface area (Å²) in [6, 6.07) is 5.56. The van der Waals surface area contributed by atoms with E-state index in [9.17, 15) is 13.2 Å². The third-order valence-electron chi connectivity index (χ3n) is 2.65. The highest BCUT2D eigenvalue weighted by Gasteiger charge is 2.30. The molecule has 1 aromatic carbocycles. The van der Waals surface area contributed by atoms with Crippen molar-refractivity contribution in [2.75, 3.05) is 13.1 Å². The van der Waals surface area contributed by atoms with Crippen LogP contribution in [0.4, 0.5) is 13.2 Å². The van der Waals surface area contributed by atoms with Gasteiger partial charge in [-0.05, 0) is 31.1 Å². The first-order valence-corrected chi connectivity index (χ1v) is 5.85. The monoisotopic (exact) mass is 245 g/mol. The van der Waals surface area contributed by atoms with Gasteiger partial charge in [0, 0.05) is 6.54 Å². The zero-order chi connectivity index (χ0) is 12.9. The minimum atomic E-state index is -4.25. The van der Waals surface area contributed by atoms with Gasteiger partial charge in [0.05, 0.1) is 5.56 Å². The van der Waals surface area contributed by atoms with Gasteiger partial charge in [0.15, 0.2) is 0 Å². The van der Waals surface area contributed by atoms with E-state index in [0.29, 0.717) is 6.54 Å². The van der Waals surface area contributed by atoms with Crippen molar-refractivity contribution in [2.45, 2.75) is 33.0 Å². The number of hydrogen-bond donors (Lipinski definition) is 0. The van der Waals surface area contributed by atoms with E-state index in [2.05, 4.69) is 11.8 Å². The zero-order valence-corrected chi connectivity index (χ0v) is 10.2. The van der Waals surface area contributed by atoms with Crippen molar-refractivity contribution >= 4 is 0 Å². The van der Waals surface area contributed by atoms with E-state index in [1.54, 1.807) is 6.07 Å². The Bertz CT molecular complexity index is 347. The summed E-state index contributed by atoms with van der Waals surface area (Å²) in [5.41, 5.74) is 0.151. The fourth-order valence-electron chi connectivity index (χ4n) is 1.77. The van der Waals surface area contributed by atoms with Crippen LogP contribution in [0.2, 0.25) is 0 Å². The summed E-state index contributed by atoms with van der Waals surface area (Å²) in [6.07, 6.45) is -3.25. The average Bonchev–Trinajstić information content (AvgIpc) is 2.28. The average molecular weight is 245 g/mol. The molecule has 0 aliphatic heterocycles. The summed E-state index contributed by atoms with van der Waals surface area (Å²) in [6.45, 7) is 6.42. The fraction of sp³-hybridized carbons (Fsp3) is 0.538. The Morgan fingerprint density at radius 3 is 2.41 bits per heavy atom. The topological polar surface area (TPSA) is 3.24 Å². The predicted octanol–water partition coefficient (Wildman–Crippen LogP) is 3.94. The molecule has 0 aliphatic carbocycles. The van der Waals surface area contributed by atoms with Crippen molar-refractivity contribution in [1.82, 2.24) is 4.90 Å². The second-order valence-electron chi connectivity index (χ2n) is 4.07. The summed E-state index contributed by atoms with van der Waals surface area (Å²) >= 11 is 0. The summed E-state index contributed by atoms with van der Waals surface area (Å²) in [5, 5.41) is 0. The van der Waals surface area contributed by atoms with Gasteiger partial charge in [-0.25, -0.2) is 0 Å². The van der Waals surface area contributed by atoms with Gasteiger partial charge in [-0.2, -0.15) is 13.2 Å². The van der Waals surface area contributed by atoms with Gasteiger partial charge in [0.1, 0.15) is 0 Å². The van der Waals surface area contributed by atoms with Crippen molar-refractivity contribution < 1.29 is 13.2 Å². The number of alkyl halides is 3. The van der Waals surface area contributed by atoms with E-state index in [1.165, 1.54) is 12.1 Å². The second kappa shape index (κ2) is 6.05. The van der Waals surface area contributed by atoms with E-state index in [1.807, 2.05) is 6.92 Å². The SMILES string of the molecule is CCCN(CC)Cc1cccc(C(F)(F)F)c1. The largest absolute Gasteiger partial charge is 0.416 e. The molecule has 0 amide bonds. The molecule has 0 saturated heterocycles. The maximum Gasteiger partial charge on any atom is 0.416 e. The Morgan fingerprint density at radius 2 is 1.88 bits per heavy atom. The maximum absolute atomic E-state index is 12.5. The fourth-order valence-corrected chi connectivity index (χ4v) is 1.77. The molecule has 4 heteroatoms. The van der Waals surface area contributed by atoms with Crippen LogP contribution in [0.1, 0.15) is 31.4 Å². The molecule has 0 fully saturated rings. The van der Waals surface area contributed by atoms with Gasteiger partial charge >= 0.3 is 6.18 Å². The third kappa shape index (κ3) is 4.38. The summed E-state index contributed by atoms with van der Waals surface area (Å²) in [5.74, 6) is 0. The van der Waals surface area contributed by atoms with Crippen molar-refractivity contribution in [3.05, 3.63) is 35.4 Å². The first-order valence-electron chi connectivity index (χ1n) is 5.85. The van der Waals surface area contributed by atoms with Gasteiger partial charge in [-0.15, -0.1) is 0 Å². The van der Waals surface area contributed by atoms with Gasteiger partial charge in [0.2, 0.25) is 0 Å². The van der Waals surface area contributed by atoms with Crippen molar-refractivity contribution in [2.24, 2.45) is 0 Å². The lowest BCUT2D eigenvalue weighted by Gasteiger charge is -2.20. The molecule has 0 aromatic heterocycles. The molecular formula is C13H18F3N. The molecule has 0 spiro atoms. The van der Waals surface area contributed by atoms with Crippen LogP contribution in [0.3, 0.4) is 0 Å². The molecule has 1 nitrogen and oxygen atoms in total. The van der Waals surface area contributed by atoms with E-state index in [0.717, 1.165) is 31.1 Å². The van der Waals surface area contributed by atoms with E-state index in [4.69, 9.17) is 0 Å². The highest BCUT2D eigenvalue weighted by Crippen LogP contribution is 2.29. The van der Waals surface area contributed by atoms with Gasteiger partial charge in [-0.1, -0.05) is 32.0 Å². The Morgan fingerprint density at radius 1 is 1.18 bits per heavy atom. The first-order chi connectivity index (χ1) is 7.97. The van der Waals surface area contributed by atoms with Crippen LogP contribution in [0.15, 0.2) is 24.3 Å². The standard InChI is InChI=1S/C13H18F3N/c1-3-8-17(4-2)10-11-6-5-7-12(9-11)13(14,15)16/h5-7,9H,3-4,8,10H2,1-2H3. The molecule has 1 rings (SSSR count). The molecule has 96 valence electrons. The summed E-state index contributed by atoms with van der Waals surface area (Å²) in [7, 11) is 0. The van der Waals surface area contributed by atoms with Gasteiger partial charge < -0.3 is 0 Å².